The number of carbonyl (C=O) groups excluding carboxylic acids is 1. The molecule has 0 unspecified atom stereocenters. The quantitative estimate of drug-likeness (QED) is 0.262. The molecule has 1 N–H and O–H groups in total. The number of nitrogens with one attached hydrogen (secondary N) is 1. The zero-order valence-electron chi connectivity index (χ0n) is 18.6. The van der Waals surface area contributed by atoms with Crippen molar-refractivity contribution in [3.8, 4) is 20.9 Å². The van der Waals surface area contributed by atoms with Crippen LogP contribution in [0.25, 0.3) is 20.9 Å². The number of pyridine rings is 1. The molecular formula is C26H24BrN3OS2. The Labute approximate surface area is 211 Å². The van der Waals surface area contributed by atoms with Gasteiger partial charge in [0.2, 0.25) is 0 Å². The fraction of sp³-hybridized carbons (Fsp3) is 0.154. The van der Waals surface area contributed by atoms with E-state index in [1.54, 1.807) is 28.2 Å². The van der Waals surface area contributed by atoms with Crippen LogP contribution < -0.4 is 4.72 Å². The third-order valence-corrected chi connectivity index (χ3v) is 7.59. The van der Waals surface area contributed by atoms with Gasteiger partial charge in [-0.1, -0.05) is 41.9 Å². The lowest BCUT2D eigenvalue weighted by Crippen LogP contribution is -2.17. The number of carbonyl (C=O) groups is 1. The first-order chi connectivity index (χ1) is 16.1. The van der Waals surface area contributed by atoms with Crippen molar-refractivity contribution < 1.29 is 4.79 Å². The van der Waals surface area contributed by atoms with E-state index < -0.39 is 0 Å². The minimum Gasteiger partial charge on any atom is -0.337 e. The van der Waals surface area contributed by atoms with Gasteiger partial charge >= 0.3 is 0 Å². The van der Waals surface area contributed by atoms with E-state index in [2.05, 4.69) is 62.0 Å². The number of aromatic nitrogens is 1. The standard InChI is InChI=1S/C24H18BrN3OS2.C2H6/c1-28-14-17-9-15(5-6-21(17)24(28)29)22-7-8-23(30-22)16-10-19(13-26-12-16)27-31-20-4-2-3-18(25)11-20;1-2/h2-13,27H,14H2,1H3;1-2H3. The van der Waals surface area contributed by atoms with Crippen molar-refractivity contribution in [2.45, 2.75) is 25.3 Å². The number of halogens is 1. The van der Waals surface area contributed by atoms with Gasteiger partial charge in [0.1, 0.15) is 0 Å². The molecule has 0 saturated heterocycles. The van der Waals surface area contributed by atoms with Gasteiger partial charge in [-0.15, -0.1) is 11.3 Å². The van der Waals surface area contributed by atoms with Crippen LogP contribution >= 0.6 is 39.2 Å². The molecule has 3 heterocycles. The molecule has 33 heavy (non-hydrogen) atoms. The molecule has 0 radical (unpaired) electrons. The van der Waals surface area contributed by atoms with Gasteiger partial charge in [-0.2, -0.15) is 0 Å². The zero-order chi connectivity index (χ0) is 23.4. The summed E-state index contributed by atoms with van der Waals surface area (Å²) in [6.07, 6.45) is 3.72. The molecule has 1 aliphatic rings. The summed E-state index contributed by atoms with van der Waals surface area (Å²) < 4.78 is 4.43. The summed E-state index contributed by atoms with van der Waals surface area (Å²) in [6, 6.07) is 20.7. The first-order valence-electron chi connectivity index (χ1n) is 10.7. The van der Waals surface area contributed by atoms with Gasteiger partial charge in [0.25, 0.3) is 5.91 Å². The molecule has 168 valence electrons. The normalized spacial score (nSPS) is 12.2. The van der Waals surface area contributed by atoms with Crippen molar-refractivity contribution in [3.05, 3.63) is 88.7 Å². The van der Waals surface area contributed by atoms with E-state index in [9.17, 15) is 4.79 Å². The van der Waals surface area contributed by atoms with Crippen LogP contribution in [0, 0.1) is 0 Å². The average Bonchev–Trinajstić information content (AvgIpc) is 3.44. The third-order valence-electron chi connectivity index (χ3n) is 5.09. The largest absolute Gasteiger partial charge is 0.337 e. The highest BCUT2D eigenvalue weighted by Gasteiger charge is 2.24. The number of anilines is 1. The van der Waals surface area contributed by atoms with Crippen molar-refractivity contribution in [1.82, 2.24) is 9.88 Å². The number of hydrogen-bond acceptors (Lipinski definition) is 5. The Kier molecular flexibility index (Phi) is 7.53. The van der Waals surface area contributed by atoms with Crippen LogP contribution in [0.15, 0.2) is 82.4 Å². The molecular weight excluding hydrogens is 514 g/mol. The highest BCUT2D eigenvalue weighted by Crippen LogP contribution is 2.37. The topological polar surface area (TPSA) is 45.2 Å². The van der Waals surface area contributed by atoms with Gasteiger partial charge in [-0.25, -0.2) is 0 Å². The minimum atomic E-state index is 0.101. The first kappa shape index (κ1) is 23.5. The molecule has 7 heteroatoms. The van der Waals surface area contributed by atoms with E-state index in [1.807, 2.05) is 57.6 Å². The number of thiophene rings is 1. The second-order valence-electron chi connectivity index (χ2n) is 7.32. The van der Waals surface area contributed by atoms with Gasteiger partial charge in [-0.05, 0) is 71.6 Å². The van der Waals surface area contributed by atoms with Gasteiger partial charge in [0, 0.05) is 50.0 Å². The lowest BCUT2D eigenvalue weighted by molar-refractivity contribution is 0.0816. The number of amides is 1. The average molecular weight is 539 g/mol. The van der Waals surface area contributed by atoms with E-state index in [1.165, 1.54) is 4.88 Å². The first-order valence-corrected chi connectivity index (χ1v) is 13.1. The maximum absolute atomic E-state index is 12.1. The van der Waals surface area contributed by atoms with E-state index in [4.69, 9.17) is 0 Å². The molecule has 1 amide bonds. The Bertz CT molecular complexity index is 1290. The maximum Gasteiger partial charge on any atom is 0.254 e. The Morgan fingerprint density at radius 2 is 1.79 bits per heavy atom. The second-order valence-corrected chi connectivity index (χ2v) is 10.2. The Morgan fingerprint density at radius 1 is 1.00 bits per heavy atom. The molecule has 0 atom stereocenters. The summed E-state index contributed by atoms with van der Waals surface area (Å²) in [5, 5.41) is 0. The lowest BCUT2D eigenvalue weighted by atomic mass is 10.1. The van der Waals surface area contributed by atoms with Crippen LogP contribution in [0.2, 0.25) is 0 Å². The Balaban J connectivity index is 0.00000126. The molecule has 2 aromatic carbocycles. The van der Waals surface area contributed by atoms with Crippen LogP contribution in [0.3, 0.4) is 0 Å². The fourth-order valence-corrected chi connectivity index (χ4v) is 5.76. The van der Waals surface area contributed by atoms with Gasteiger partial charge in [0.05, 0.1) is 11.9 Å². The third kappa shape index (κ3) is 5.32. The molecule has 4 nitrogen and oxygen atoms in total. The van der Waals surface area contributed by atoms with Crippen molar-refractivity contribution >= 4 is 50.8 Å². The summed E-state index contributed by atoms with van der Waals surface area (Å²) in [5.74, 6) is 0.101. The van der Waals surface area contributed by atoms with Crippen LogP contribution in [0.1, 0.15) is 29.8 Å². The van der Waals surface area contributed by atoms with Crippen molar-refractivity contribution in [2.75, 3.05) is 11.8 Å². The molecule has 2 aromatic heterocycles. The molecule has 1 aliphatic heterocycles. The zero-order valence-corrected chi connectivity index (χ0v) is 21.9. The summed E-state index contributed by atoms with van der Waals surface area (Å²) in [6.45, 7) is 4.67. The van der Waals surface area contributed by atoms with E-state index in [0.29, 0.717) is 6.54 Å². The maximum atomic E-state index is 12.1. The molecule has 5 rings (SSSR count). The molecule has 0 spiro atoms. The smallest absolute Gasteiger partial charge is 0.254 e. The predicted molar refractivity (Wildman–Crippen MR) is 144 cm³/mol. The minimum absolute atomic E-state index is 0.101. The van der Waals surface area contributed by atoms with Gasteiger partial charge in [-0.3, -0.25) is 9.78 Å². The van der Waals surface area contributed by atoms with E-state index in [0.717, 1.165) is 42.2 Å². The van der Waals surface area contributed by atoms with E-state index >= 15 is 0 Å². The predicted octanol–water partition coefficient (Wildman–Crippen LogP) is 7.97. The molecule has 4 aromatic rings. The Hall–Kier alpha value is -2.61. The fourth-order valence-electron chi connectivity index (χ4n) is 3.55. The number of rotatable bonds is 5. The van der Waals surface area contributed by atoms with Crippen LogP contribution in [0.4, 0.5) is 5.69 Å². The highest BCUT2D eigenvalue weighted by atomic mass is 79.9. The van der Waals surface area contributed by atoms with Gasteiger partial charge < -0.3 is 9.62 Å². The Morgan fingerprint density at radius 3 is 2.58 bits per heavy atom. The number of fused-ring (bicyclic) bond motifs is 1. The van der Waals surface area contributed by atoms with Crippen LogP contribution in [-0.4, -0.2) is 22.8 Å². The molecule has 0 saturated carbocycles. The van der Waals surface area contributed by atoms with Crippen LogP contribution in [0.5, 0.6) is 0 Å². The molecule has 0 bridgehead atoms. The van der Waals surface area contributed by atoms with Crippen molar-refractivity contribution in [1.29, 1.82) is 0 Å². The van der Waals surface area contributed by atoms with E-state index in [-0.39, 0.29) is 5.91 Å². The summed E-state index contributed by atoms with van der Waals surface area (Å²) in [4.78, 5) is 21.8. The molecule has 0 aliphatic carbocycles. The van der Waals surface area contributed by atoms with Gasteiger partial charge in [0.15, 0.2) is 0 Å². The number of nitrogens with zero attached hydrogens (tertiary/aromatic N) is 2. The van der Waals surface area contributed by atoms with Crippen LogP contribution in [-0.2, 0) is 6.54 Å². The summed E-state index contributed by atoms with van der Waals surface area (Å²) >= 11 is 6.79. The second kappa shape index (κ2) is 10.5. The summed E-state index contributed by atoms with van der Waals surface area (Å²) in [7, 11) is 1.84. The molecule has 0 fully saturated rings. The lowest BCUT2D eigenvalue weighted by Gasteiger charge is -2.07. The SMILES string of the molecule is CC.CN1Cc2cc(-c3ccc(-c4cncc(NSc5cccc(Br)c5)c4)s3)ccc2C1=O. The summed E-state index contributed by atoms with van der Waals surface area (Å²) in [5.41, 5.74) is 5.08. The van der Waals surface area contributed by atoms with Crippen molar-refractivity contribution in [3.63, 3.8) is 0 Å². The number of hydrogen-bond donors (Lipinski definition) is 1. The number of benzene rings is 2. The highest BCUT2D eigenvalue weighted by molar-refractivity contribution is 9.10. The monoisotopic (exact) mass is 537 g/mol. The van der Waals surface area contributed by atoms with Crippen molar-refractivity contribution in [2.24, 2.45) is 0 Å².